The van der Waals surface area contributed by atoms with E-state index in [0.29, 0.717) is 6.54 Å². The summed E-state index contributed by atoms with van der Waals surface area (Å²) in [6.07, 6.45) is 7.49. The summed E-state index contributed by atoms with van der Waals surface area (Å²) >= 11 is 0. The summed E-state index contributed by atoms with van der Waals surface area (Å²) in [5, 5.41) is 3.68. The second-order valence-corrected chi connectivity index (χ2v) is 6.12. The molecule has 116 valence electrons. The van der Waals surface area contributed by atoms with Crippen molar-refractivity contribution in [3.05, 3.63) is 66.0 Å². The number of rotatable bonds is 2. The van der Waals surface area contributed by atoms with Crippen LogP contribution in [0, 0.1) is 26.2 Å². The van der Waals surface area contributed by atoms with Gasteiger partial charge < -0.3 is 4.57 Å². The van der Waals surface area contributed by atoms with E-state index in [2.05, 4.69) is 72.9 Å². The first-order valence-electron chi connectivity index (χ1n) is 8.07. The molecule has 0 atom stereocenters. The fraction of sp³-hybridized carbons (Fsp3) is 0.136. The standard InChI is InChI=1S/C22H18N2/c1-4-13-24-16(3)15(2)20-11-12-23-21(22(20)24)19-10-9-17-7-5-6-8-18(17)14-19/h1,5-12,14H,13H2,2-3H3. The van der Waals surface area contributed by atoms with Crippen LogP contribution in [0.5, 0.6) is 0 Å². The molecule has 4 rings (SSSR count). The van der Waals surface area contributed by atoms with Gasteiger partial charge in [0.1, 0.15) is 0 Å². The zero-order valence-corrected chi connectivity index (χ0v) is 13.9. The first kappa shape index (κ1) is 14.5. The van der Waals surface area contributed by atoms with Gasteiger partial charge in [0, 0.05) is 22.8 Å². The third-order valence-electron chi connectivity index (χ3n) is 4.82. The maximum absolute atomic E-state index is 5.60. The van der Waals surface area contributed by atoms with Crippen molar-refractivity contribution in [3.63, 3.8) is 0 Å². The summed E-state index contributed by atoms with van der Waals surface area (Å²) in [7, 11) is 0. The molecule has 2 aromatic heterocycles. The van der Waals surface area contributed by atoms with E-state index in [1.54, 1.807) is 0 Å². The van der Waals surface area contributed by atoms with E-state index in [1.165, 1.54) is 27.4 Å². The monoisotopic (exact) mass is 310 g/mol. The van der Waals surface area contributed by atoms with Crippen molar-refractivity contribution >= 4 is 21.7 Å². The lowest BCUT2D eigenvalue weighted by Gasteiger charge is -2.09. The van der Waals surface area contributed by atoms with Crippen molar-refractivity contribution in [2.24, 2.45) is 0 Å². The van der Waals surface area contributed by atoms with Crippen LogP contribution >= 0.6 is 0 Å². The lowest BCUT2D eigenvalue weighted by molar-refractivity contribution is 0.841. The number of fused-ring (bicyclic) bond motifs is 2. The first-order valence-corrected chi connectivity index (χ1v) is 8.07. The van der Waals surface area contributed by atoms with Gasteiger partial charge in [-0.2, -0.15) is 0 Å². The molecule has 2 aromatic carbocycles. The molecule has 24 heavy (non-hydrogen) atoms. The lowest BCUT2D eigenvalue weighted by atomic mass is 10.0. The van der Waals surface area contributed by atoms with Gasteiger partial charge in [0.25, 0.3) is 0 Å². The normalized spacial score (nSPS) is 11.0. The van der Waals surface area contributed by atoms with E-state index in [1.807, 2.05) is 6.20 Å². The molecular formula is C22H18N2. The number of terminal acetylenes is 1. The number of pyridine rings is 1. The number of aromatic nitrogens is 2. The van der Waals surface area contributed by atoms with Gasteiger partial charge in [-0.1, -0.05) is 42.3 Å². The highest BCUT2D eigenvalue weighted by Crippen LogP contribution is 2.33. The molecule has 0 aliphatic rings. The Kier molecular flexibility index (Phi) is 3.36. The van der Waals surface area contributed by atoms with Crippen LogP contribution in [-0.2, 0) is 6.54 Å². The highest BCUT2D eigenvalue weighted by Gasteiger charge is 2.15. The summed E-state index contributed by atoms with van der Waals surface area (Å²) in [6.45, 7) is 4.83. The van der Waals surface area contributed by atoms with Gasteiger partial charge >= 0.3 is 0 Å². The Hall–Kier alpha value is -3.05. The molecule has 0 bridgehead atoms. The summed E-state index contributed by atoms with van der Waals surface area (Å²) in [6, 6.07) is 17.0. The van der Waals surface area contributed by atoms with Crippen LogP contribution in [0.25, 0.3) is 32.9 Å². The van der Waals surface area contributed by atoms with Gasteiger partial charge in [0.2, 0.25) is 0 Å². The first-order chi connectivity index (χ1) is 11.7. The summed E-state index contributed by atoms with van der Waals surface area (Å²) in [5.74, 6) is 2.77. The molecule has 0 fully saturated rings. The number of aryl methyl sites for hydroxylation is 1. The Morgan fingerprint density at radius 2 is 1.83 bits per heavy atom. The molecule has 0 amide bonds. The third kappa shape index (κ3) is 2.10. The predicted octanol–water partition coefficient (Wildman–Crippen LogP) is 5.11. The third-order valence-corrected chi connectivity index (χ3v) is 4.82. The minimum absolute atomic E-state index is 0.558. The van der Waals surface area contributed by atoms with Crippen molar-refractivity contribution in [1.29, 1.82) is 0 Å². The molecule has 0 saturated carbocycles. The highest BCUT2D eigenvalue weighted by molar-refractivity contribution is 5.97. The van der Waals surface area contributed by atoms with Crippen molar-refractivity contribution in [2.75, 3.05) is 0 Å². The number of nitrogens with zero attached hydrogens (tertiary/aromatic N) is 2. The number of hydrogen-bond acceptors (Lipinski definition) is 1. The van der Waals surface area contributed by atoms with Gasteiger partial charge in [-0.25, -0.2) is 0 Å². The van der Waals surface area contributed by atoms with Crippen molar-refractivity contribution in [2.45, 2.75) is 20.4 Å². The fourth-order valence-corrected chi connectivity index (χ4v) is 3.43. The fourth-order valence-electron chi connectivity index (χ4n) is 3.43. The van der Waals surface area contributed by atoms with E-state index >= 15 is 0 Å². The minimum Gasteiger partial charge on any atom is -0.331 e. The Labute approximate surface area is 141 Å². The predicted molar refractivity (Wildman–Crippen MR) is 101 cm³/mol. The van der Waals surface area contributed by atoms with Crippen LogP contribution in [0.15, 0.2) is 54.7 Å². The second-order valence-electron chi connectivity index (χ2n) is 6.12. The molecule has 0 spiro atoms. The average molecular weight is 310 g/mol. The van der Waals surface area contributed by atoms with E-state index in [0.717, 1.165) is 16.8 Å². The van der Waals surface area contributed by atoms with Crippen LogP contribution in [0.1, 0.15) is 11.3 Å². The van der Waals surface area contributed by atoms with Gasteiger partial charge in [0.05, 0.1) is 17.8 Å². The molecule has 0 saturated heterocycles. The largest absolute Gasteiger partial charge is 0.331 e. The molecule has 2 nitrogen and oxygen atoms in total. The van der Waals surface area contributed by atoms with Gasteiger partial charge in [0.15, 0.2) is 0 Å². The van der Waals surface area contributed by atoms with Gasteiger partial charge in [-0.3, -0.25) is 4.98 Å². The smallest absolute Gasteiger partial charge is 0.0945 e. The van der Waals surface area contributed by atoms with Crippen LogP contribution in [-0.4, -0.2) is 9.55 Å². The topological polar surface area (TPSA) is 17.8 Å². The lowest BCUT2D eigenvalue weighted by Crippen LogP contribution is -2.00. The summed E-state index contributed by atoms with van der Waals surface area (Å²) in [5.41, 5.74) is 5.71. The average Bonchev–Trinajstić information content (AvgIpc) is 2.87. The van der Waals surface area contributed by atoms with Crippen LogP contribution in [0.4, 0.5) is 0 Å². The molecular weight excluding hydrogens is 292 g/mol. The van der Waals surface area contributed by atoms with Crippen LogP contribution < -0.4 is 0 Å². The molecule has 2 heteroatoms. The quantitative estimate of drug-likeness (QED) is 0.471. The van der Waals surface area contributed by atoms with Gasteiger partial charge in [-0.15, -0.1) is 6.42 Å². The van der Waals surface area contributed by atoms with E-state index in [4.69, 9.17) is 11.4 Å². The zero-order chi connectivity index (χ0) is 16.7. The number of hydrogen-bond donors (Lipinski definition) is 0. The Bertz CT molecular complexity index is 1110. The SMILES string of the molecule is C#CCn1c(C)c(C)c2ccnc(-c3ccc4ccccc4c3)c21. The molecule has 0 unspecified atom stereocenters. The minimum atomic E-state index is 0.558. The second kappa shape index (κ2) is 5.54. The number of benzene rings is 2. The van der Waals surface area contributed by atoms with E-state index in [9.17, 15) is 0 Å². The molecule has 2 heterocycles. The molecule has 4 aromatic rings. The molecule has 0 radical (unpaired) electrons. The maximum atomic E-state index is 5.60. The van der Waals surface area contributed by atoms with Crippen molar-refractivity contribution in [3.8, 4) is 23.6 Å². The van der Waals surface area contributed by atoms with Crippen LogP contribution in [0.2, 0.25) is 0 Å². The Morgan fingerprint density at radius 1 is 1.04 bits per heavy atom. The van der Waals surface area contributed by atoms with Crippen molar-refractivity contribution < 1.29 is 0 Å². The molecule has 0 aliphatic heterocycles. The van der Waals surface area contributed by atoms with E-state index < -0.39 is 0 Å². The highest BCUT2D eigenvalue weighted by atomic mass is 15.0. The van der Waals surface area contributed by atoms with Crippen LogP contribution in [0.3, 0.4) is 0 Å². The van der Waals surface area contributed by atoms with Gasteiger partial charge in [-0.05, 0) is 42.3 Å². The Balaban J connectivity index is 2.05. The summed E-state index contributed by atoms with van der Waals surface area (Å²) in [4.78, 5) is 4.69. The molecule has 0 N–H and O–H groups in total. The van der Waals surface area contributed by atoms with Crippen molar-refractivity contribution in [1.82, 2.24) is 9.55 Å². The maximum Gasteiger partial charge on any atom is 0.0945 e. The zero-order valence-electron chi connectivity index (χ0n) is 13.9. The molecule has 0 aliphatic carbocycles. The Morgan fingerprint density at radius 3 is 2.62 bits per heavy atom. The summed E-state index contributed by atoms with van der Waals surface area (Å²) < 4.78 is 2.20. The van der Waals surface area contributed by atoms with E-state index in [-0.39, 0.29) is 0 Å².